The van der Waals surface area contributed by atoms with Crippen molar-refractivity contribution >= 4 is 50.5 Å². The van der Waals surface area contributed by atoms with Crippen LogP contribution in [-0.2, 0) is 16.1 Å². The molecule has 7 rings (SSSR count). The van der Waals surface area contributed by atoms with Crippen molar-refractivity contribution in [2.24, 2.45) is 0 Å². The minimum absolute atomic E-state index is 0.859. The van der Waals surface area contributed by atoms with Gasteiger partial charge in [-0.25, -0.2) is 0 Å². The first-order chi connectivity index (χ1) is 19.3. The van der Waals surface area contributed by atoms with Gasteiger partial charge in [0.1, 0.15) is 27.8 Å². The van der Waals surface area contributed by atoms with Crippen molar-refractivity contribution in [2.45, 2.75) is 29.5 Å². The van der Waals surface area contributed by atoms with Crippen molar-refractivity contribution in [1.29, 1.82) is 0 Å². The minimum atomic E-state index is -6.64. The van der Waals surface area contributed by atoms with Crippen molar-refractivity contribution in [2.75, 3.05) is 11.4 Å². The van der Waals surface area contributed by atoms with Crippen LogP contribution in [-0.4, -0.2) is 30.5 Å². The number of hydrogen-bond acceptors (Lipinski definition) is 6. The summed E-state index contributed by atoms with van der Waals surface area (Å²) in [6.07, 6.45) is 0.116. The third kappa shape index (κ3) is 4.22. The van der Waals surface area contributed by atoms with Gasteiger partial charge in [-0.15, -0.1) is 0 Å². The van der Waals surface area contributed by atoms with Gasteiger partial charge < -0.3 is 19.5 Å². The molecule has 0 atom stereocenters. The van der Waals surface area contributed by atoms with E-state index in [2.05, 4.69) is 76.2 Å². The highest BCUT2D eigenvalue weighted by molar-refractivity contribution is 8.03. The van der Waals surface area contributed by atoms with Crippen LogP contribution in [0.2, 0.25) is 0 Å². The Morgan fingerprint density at radius 2 is 1.66 bits per heavy atom. The van der Waals surface area contributed by atoms with E-state index in [1.54, 1.807) is 0 Å². The number of fused-ring (bicyclic) bond motifs is 9. The maximum Gasteiger partial charge on any atom is 0.460 e. The maximum absolute atomic E-state index is 11.7. The Bertz CT molecular complexity index is 1740. The van der Waals surface area contributed by atoms with Gasteiger partial charge in [0.25, 0.3) is 5.01 Å². The summed E-state index contributed by atoms with van der Waals surface area (Å²) in [5.41, 5.74) is 4.99. The lowest BCUT2D eigenvalue weighted by Gasteiger charge is -2.30. The Hall–Kier alpha value is -3.78. The van der Waals surface area contributed by atoms with E-state index < -0.39 is 24.0 Å². The van der Waals surface area contributed by atoms with E-state index in [1.165, 1.54) is 42.0 Å². The molecule has 0 radical (unpaired) electrons. The number of thioether (sulfide) groups is 1. The predicted molar refractivity (Wildman–Crippen MR) is 135 cm³/mol. The minimum Gasteiger partial charge on any atom is -0.544 e. The van der Waals surface area contributed by atoms with Crippen LogP contribution in [0.1, 0.15) is 5.01 Å². The van der Waals surface area contributed by atoms with E-state index in [4.69, 9.17) is 4.74 Å². The zero-order valence-electron chi connectivity index (χ0n) is 20.3. The first kappa shape index (κ1) is 27.4. The zero-order valence-corrected chi connectivity index (χ0v) is 22.0. The molecule has 1 aromatic heterocycles. The number of halogens is 7. The number of carbonyl (C=O) groups excluding carboxylic acids is 1. The van der Waals surface area contributed by atoms with Crippen molar-refractivity contribution < 1.29 is 49.9 Å². The summed E-state index contributed by atoms with van der Waals surface area (Å²) in [4.78, 5) is 13.0. The molecule has 14 heteroatoms. The maximum atomic E-state index is 11.7. The van der Waals surface area contributed by atoms with Gasteiger partial charge in [0, 0.05) is 29.2 Å². The highest BCUT2D eigenvalue weighted by atomic mass is 32.2. The van der Waals surface area contributed by atoms with Crippen molar-refractivity contribution in [3.8, 4) is 0 Å². The van der Waals surface area contributed by atoms with Crippen LogP contribution in [0.4, 0.5) is 36.4 Å². The number of aliphatic carboxylic acids is 1. The average molecular weight is 613 g/mol. The number of ether oxygens (including phenoxy) is 1. The monoisotopic (exact) mass is 612 g/mol. The Labute approximate surface area is 235 Å². The number of carbonyl (C=O) groups is 1. The molecular weight excluding hydrogens is 597 g/mol. The Morgan fingerprint density at radius 1 is 0.951 bits per heavy atom. The Kier molecular flexibility index (Phi) is 6.26. The summed E-state index contributed by atoms with van der Waals surface area (Å²) in [6, 6.07) is 17.3. The number of benzene rings is 2. The van der Waals surface area contributed by atoms with E-state index in [-0.39, 0.29) is 0 Å². The highest BCUT2D eigenvalue weighted by Crippen LogP contribution is 2.52. The van der Waals surface area contributed by atoms with E-state index in [0.717, 1.165) is 24.6 Å². The van der Waals surface area contributed by atoms with E-state index in [1.807, 2.05) is 23.1 Å². The predicted octanol–water partition coefficient (Wildman–Crippen LogP) is 5.79. The summed E-state index contributed by atoms with van der Waals surface area (Å²) < 4.78 is 90.3. The second-order valence-corrected chi connectivity index (χ2v) is 11.2. The average Bonchev–Trinajstić information content (AvgIpc) is 3.50. The first-order valence-electron chi connectivity index (χ1n) is 11.9. The molecular formula is C27H15F7N2O3S2. The van der Waals surface area contributed by atoms with Gasteiger partial charge in [-0.2, -0.15) is 35.3 Å². The SMILES string of the molecule is C1=C2OC3=CCN4C(=C3C=C2c2sc3ccccc3[n+]2C1)Sc1ccccc14.O=C([O-])C(F)(F)C(F)(F)C(F)(F)F. The van der Waals surface area contributed by atoms with Crippen molar-refractivity contribution in [1.82, 2.24) is 0 Å². The largest absolute Gasteiger partial charge is 0.544 e. The van der Waals surface area contributed by atoms with Crippen LogP contribution >= 0.6 is 23.1 Å². The number of carboxylic acids is 1. The van der Waals surface area contributed by atoms with Crippen LogP contribution < -0.4 is 14.6 Å². The molecule has 2 aromatic carbocycles. The summed E-state index contributed by atoms with van der Waals surface area (Å²) >= 11 is 3.70. The Morgan fingerprint density at radius 3 is 2.37 bits per heavy atom. The number of thiazole rings is 1. The molecule has 5 heterocycles. The Balaban J connectivity index is 0.000000200. The third-order valence-electron chi connectivity index (χ3n) is 6.64. The van der Waals surface area contributed by atoms with Crippen LogP contribution in [0.25, 0.3) is 15.8 Å². The molecule has 0 aliphatic carbocycles. The molecule has 5 nitrogen and oxygen atoms in total. The normalized spacial score (nSPS) is 17.5. The number of alkyl halides is 7. The molecule has 41 heavy (non-hydrogen) atoms. The summed E-state index contributed by atoms with van der Waals surface area (Å²) in [6.45, 7) is 1.72. The molecule has 0 unspecified atom stereocenters. The second-order valence-electron chi connectivity index (χ2n) is 9.12. The molecule has 0 fully saturated rings. The van der Waals surface area contributed by atoms with E-state index >= 15 is 0 Å². The van der Waals surface area contributed by atoms with Gasteiger partial charge in [-0.05, 0) is 30.4 Å². The topological polar surface area (TPSA) is 56.5 Å². The molecule has 0 amide bonds. The van der Waals surface area contributed by atoms with Gasteiger partial charge >= 0.3 is 18.0 Å². The number of aromatic nitrogens is 1. The summed E-state index contributed by atoms with van der Waals surface area (Å²) in [7, 11) is 0. The lowest BCUT2D eigenvalue weighted by Crippen LogP contribution is -2.60. The molecule has 4 aliphatic rings. The van der Waals surface area contributed by atoms with Crippen molar-refractivity contribution in [3.05, 3.63) is 93.9 Å². The zero-order chi connectivity index (χ0) is 29.3. The van der Waals surface area contributed by atoms with Gasteiger partial charge in [0.05, 0.1) is 10.7 Å². The molecule has 0 bridgehead atoms. The molecule has 4 aliphatic heterocycles. The fourth-order valence-electron chi connectivity index (χ4n) is 4.64. The van der Waals surface area contributed by atoms with Crippen LogP contribution in [0.5, 0.6) is 0 Å². The van der Waals surface area contributed by atoms with Gasteiger partial charge in [-0.1, -0.05) is 47.4 Å². The number of anilines is 1. The fraction of sp³-hybridized carbons (Fsp3) is 0.185. The number of carboxylic acid groups (broad SMARTS) is 1. The lowest BCUT2D eigenvalue weighted by atomic mass is 10.0. The number of para-hydroxylation sites is 2. The number of rotatable bonds is 2. The van der Waals surface area contributed by atoms with Crippen LogP contribution in [0, 0.1) is 0 Å². The summed E-state index contributed by atoms with van der Waals surface area (Å²) in [5.74, 6) is -14.7. The number of nitrogens with zero attached hydrogens (tertiary/aromatic N) is 2. The molecule has 0 saturated heterocycles. The molecule has 212 valence electrons. The van der Waals surface area contributed by atoms with E-state index in [0.29, 0.717) is 0 Å². The quantitative estimate of drug-likeness (QED) is 0.271. The third-order valence-corrected chi connectivity index (χ3v) is 9.04. The van der Waals surface area contributed by atoms with Gasteiger partial charge in [0.15, 0.2) is 6.54 Å². The molecule has 0 N–H and O–H groups in total. The number of allylic oxidation sites excluding steroid dienone is 3. The molecule has 3 aromatic rings. The summed E-state index contributed by atoms with van der Waals surface area (Å²) in [5, 5.41) is 11.8. The van der Waals surface area contributed by atoms with Gasteiger partial charge in [-0.3, -0.25) is 0 Å². The van der Waals surface area contributed by atoms with Crippen molar-refractivity contribution in [3.63, 3.8) is 0 Å². The number of hydrogen-bond donors (Lipinski definition) is 0. The van der Waals surface area contributed by atoms with Gasteiger partial charge in [0.2, 0.25) is 5.52 Å². The fourth-order valence-corrected chi connectivity index (χ4v) is 7.02. The molecule has 0 saturated carbocycles. The van der Waals surface area contributed by atoms with E-state index in [9.17, 15) is 40.6 Å². The second kappa shape index (κ2) is 9.38. The van der Waals surface area contributed by atoms with Crippen LogP contribution in [0.3, 0.4) is 0 Å². The smallest absolute Gasteiger partial charge is 0.460 e. The lowest BCUT2D eigenvalue weighted by molar-refractivity contribution is -0.660. The van der Waals surface area contributed by atoms with Crippen LogP contribution in [0.15, 0.2) is 93.8 Å². The highest BCUT2D eigenvalue weighted by Gasteiger charge is 2.73. The molecule has 0 spiro atoms. The first-order valence-corrected chi connectivity index (χ1v) is 13.5. The standard InChI is InChI=1S/C23H15N2OS2.C4HF7O2/c1-3-7-20-16(5-1)24-11-9-18-14(22(24)27-20)13-15-19(26-18)10-12-25-17-6-2-4-8-21(17)28-23(15)25;5-2(6,1(12)13)3(7,8)4(9,10)11/h1-10,13H,11-12H2;(H,12,13)/q+1;/p-1.